The molecule has 3 saturated carbocycles. The van der Waals surface area contributed by atoms with Crippen molar-refractivity contribution in [3.05, 3.63) is 47.0 Å². The quantitative estimate of drug-likeness (QED) is 0.441. The zero-order chi connectivity index (χ0) is 22.7. The molecule has 32 heavy (non-hydrogen) atoms. The summed E-state index contributed by atoms with van der Waals surface area (Å²) in [7, 11) is 0. The van der Waals surface area contributed by atoms with Crippen molar-refractivity contribution in [1.82, 2.24) is 0 Å². The average molecular weight is 437 g/mol. The van der Waals surface area contributed by atoms with Gasteiger partial charge in [0.15, 0.2) is 5.79 Å². The molecule has 0 heterocycles. The van der Waals surface area contributed by atoms with Crippen molar-refractivity contribution in [3.8, 4) is 0 Å². The molecule has 0 amide bonds. The topological polar surface area (TPSA) is 46.5 Å². The number of ether oxygens (including phenoxy) is 1. The highest BCUT2D eigenvalue weighted by molar-refractivity contribution is 5.79. The van der Waals surface area contributed by atoms with E-state index in [0.717, 1.165) is 24.8 Å². The Labute approximate surface area is 193 Å². The number of benzene rings is 1. The van der Waals surface area contributed by atoms with E-state index in [2.05, 4.69) is 51.1 Å². The maximum absolute atomic E-state index is 12.4. The molecule has 7 atom stereocenters. The van der Waals surface area contributed by atoms with Gasteiger partial charge in [-0.3, -0.25) is 4.79 Å². The number of Topliss-reactive ketones (excluding diaryl/α,β-unsaturated/α-hetero) is 1. The lowest BCUT2D eigenvalue weighted by Crippen LogP contribution is -2.52. The van der Waals surface area contributed by atoms with Crippen molar-refractivity contribution < 1.29 is 14.6 Å². The standard InChI is InChI=1S/C29H40O3/c1-19-5-7-21(8-6-19)18-32-29(31)16-15-27(3)22(17-29)9-10-23-25-12-11-24(20(2)30)28(25,4)14-13-26(23)27/h5-9,23-26,31H,10-18H2,1-4H3/t23?,24-,25?,26?,27+,28-,29+/m1/s1. The number of carbonyl (C=O) groups is 1. The summed E-state index contributed by atoms with van der Waals surface area (Å²) < 4.78 is 6.13. The van der Waals surface area contributed by atoms with Gasteiger partial charge in [0.25, 0.3) is 0 Å². The first-order valence-corrected chi connectivity index (χ1v) is 12.8. The maximum atomic E-state index is 12.4. The second kappa shape index (κ2) is 7.81. The lowest BCUT2D eigenvalue weighted by molar-refractivity contribution is -0.231. The molecule has 4 aliphatic rings. The van der Waals surface area contributed by atoms with E-state index in [1.807, 2.05) is 6.92 Å². The third-order valence-electron chi connectivity index (χ3n) is 10.2. The summed E-state index contributed by atoms with van der Waals surface area (Å²) in [5.41, 5.74) is 4.13. The number of carbonyl (C=O) groups excluding carboxylic acids is 1. The Kier molecular flexibility index (Phi) is 5.45. The van der Waals surface area contributed by atoms with Crippen LogP contribution in [-0.4, -0.2) is 16.7 Å². The fourth-order valence-corrected chi connectivity index (χ4v) is 8.31. The number of rotatable bonds is 4. The number of ketones is 1. The summed E-state index contributed by atoms with van der Waals surface area (Å²) in [5.74, 6) is 1.64. The van der Waals surface area contributed by atoms with Crippen molar-refractivity contribution in [3.63, 3.8) is 0 Å². The molecule has 1 aromatic carbocycles. The fraction of sp³-hybridized carbons (Fsp3) is 0.690. The zero-order valence-electron chi connectivity index (χ0n) is 20.3. The Morgan fingerprint density at radius 2 is 1.81 bits per heavy atom. The molecule has 3 heteroatoms. The van der Waals surface area contributed by atoms with Crippen LogP contribution in [0, 0.1) is 41.4 Å². The molecule has 0 aromatic heterocycles. The monoisotopic (exact) mass is 436 g/mol. The Morgan fingerprint density at radius 3 is 2.53 bits per heavy atom. The molecule has 5 rings (SSSR count). The van der Waals surface area contributed by atoms with Gasteiger partial charge in [-0.15, -0.1) is 0 Å². The summed E-state index contributed by atoms with van der Waals surface area (Å²) in [4.78, 5) is 12.4. The van der Waals surface area contributed by atoms with Gasteiger partial charge in [-0.1, -0.05) is 55.3 Å². The molecule has 4 aliphatic carbocycles. The molecule has 3 nitrogen and oxygen atoms in total. The van der Waals surface area contributed by atoms with Gasteiger partial charge in [0, 0.05) is 18.8 Å². The molecule has 0 radical (unpaired) electrons. The fourth-order valence-electron chi connectivity index (χ4n) is 8.31. The minimum Gasteiger partial charge on any atom is -0.365 e. The molecule has 174 valence electrons. The average Bonchev–Trinajstić information content (AvgIpc) is 3.12. The van der Waals surface area contributed by atoms with Crippen molar-refractivity contribution >= 4 is 5.78 Å². The Bertz CT molecular complexity index is 917. The first-order valence-electron chi connectivity index (χ1n) is 12.8. The normalized spacial score (nSPS) is 43.1. The van der Waals surface area contributed by atoms with E-state index in [9.17, 15) is 9.90 Å². The van der Waals surface area contributed by atoms with Crippen LogP contribution in [0.25, 0.3) is 0 Å². The van der Waals surface area contributed by atoms with Gasteiger partial charge in [-0.25, -0.2) is 0 Å². The Balaban J connectivity index is 1.32. The molecule has 0 saturated heterocycles. The number of hydrogen-bond acceptors (Lipinski definition) is 3. The smallest absolute Gasteiger partial charge is 0.169 e. The molecule has 3 unspecified atom stereocenters. The molecule has 0 spiro atoms. The molecular weight excluding hydrogens is 396 g/mol. The van der Waals surface area contributed by atoms with E-state index < -0.39 is 5.79 Å². The van der Waals surface area contributed by atoms with E-state index in [1.54, 1.807) is 0 Å². The van der Waals surface area contributed by atoms with Gasteiger partial charge >= 0.3 is 0 Å². The van der Waals surface area contributed by atoms with Crippen LogP contribution in [0.4, 0.5) is 0 Å². The van der Waals surface area contributed by atoms with Gasteiger partial charge in [-0.05, 0) is 86.5 Å². The van der Waals surface area contributed by atoms with Crippen LogP contribution in [0.15, 0.2) is 35.9 Å². The van der Waals surface area contributed by atoms with Gasteiger partial charge in [0.1, 0.15) is 5.78 Å². The van der Waals surface area contributed by atoms with Crippen LogP contribution in [0.3, 0.4) is 0 Å². The number of aliphatic hydroxyl groups is 1. The highest BCUT2D eigenvalue weighted by Crippen LogP contribution is 2.66. The first kappa shape index (κ1) is 22.3. The first-order chi connectivity index (χ1) is 15.1. The highest BCUT2D eigenvalue weighted by atomic mass is 16.6. The third-order valence-corrected chi connectivity index (χ3v) is 10.2. The van der Waals surface area contributed by atoms with Crippen molar-refractivity contribution in [2.24, 2.45) is 34.5 Å². The summed E-state index contributed by atoms with van der Waals surface area (Å²) >= 11 is 0. The van der Waals surface area contributed by atoms with E-state index in [1.165, 1.54) is 30.4 Å². The second-order valence-electron chi connectivity index (χ2n) is 11.9. The molecule has 1 N–H and O–H groups in total. The molecule has 0 aliphatic heterocycles. The second-order valence-corrected chi connectivity index (χ2v) is 11.9. The SMILES string of the molecule is CC(=O)[C@H]1CCC2C3CC=C4C[C@@](O)(OCc5ccc(C)cc5)CC[C@]4(C)C3CC[C@@]21C. The van der Waals surface area contributed by atoms with Crippen LogP contribution in [0.5, 0.6) is 0 Å². The highest BCUT2D eigenvalue weighted by Gasteiger charge is 2.60. The van der Waals surface area contributed by atoms with E-state index in [-0.39, 0.29) is 16.7 Å². The van der Waals surface area contributed by atoms with Crippen LogP contribution in [0.2, 0.25) is 0 Å². The van der Waals surface area contributed by atoms with E-state index in [0.29, 0.717) is 43.0 Å². The van der Waals surface area contributed by atoms with Gasteiger partial charge in [0.05, 0.1) is 6.61 Å². The molecule has 0 bridgehead atoms. The summed E-state index contributed by atoms with van der Waals surface area (Å²) in [6.07, 6.45) is 10.6. The van der Waals surface area contributed by atoms with Gasteiger partial charge < -0.3 is 9.84 Å². The van der Waals surface area contributed by atoms with Crippen molar-refractivity contribution in [2.45, 2.75) is 91.5 Å². The molecule has 1 aromatic rings. The van der Waals surface area contributed by atoms with E-state index >= 15 is 0 Å². The largest absolute Gasteiger partial charge is 0.365 e. The lowest BCUT2D eigenvalue weighted by Gasteiger charge is -2.58. The number of hydrogen-bond donors (Lipinski definition) is 1. The van der Waals surface area contributed by atoms with Crippen molar-refractivity contribution in [1.29, 1.82) is 0 Å². The number of fused-ring (bicyclic) bond motifs is 5. The Hall–Kier alpha value is -1.45. The summed E-state index contributed by atoms with van der Waals surface area (Å²) in [5, 5.41) is 11.3. The summed E-state index contributed by atoms with van der Waals surface area (Å²) in [6.45, 7) is 9.22. The number of aryl methyl sites for hydroxylation is 1. The van der Waals surface area contributed by atoms with Crippen LogP contribution >= 0.6 is 0 Å². The lowest BCUT2D eigenvalue weighted by atomic mass is 9.47. The minimum absolute atomic E-state index is 0.165. The van der Waals surface area contributed by atoms with E-state index in [4.69, 9.17) is 4.74 Å². The van der Waals surface area contributed by atoms with Crippen molar-refractivity contribution in [2.75, 3.05) is 0 Å². The zero-order valence-corrected chi connectivity index (χ0v) is 20.3. The van der Waals surface area contributed by atoms with Gasteiger partial charge in [0.2, 0.25) is 0 Å². The molecule has 3 fully saturated rings. The third kappa shape index (κ3) is 3.51. The predicted molar refractivity (Wildman–Crippen MR) is 127 cm³/mol. The van der Waals surface area contributed by atoms with Gasteiger partial charge in [-0.2, -0.15) is 0 Å². The van der Waals surface area contributed by atoms with Crippen LogP contribution in [-0.2, 0) is 16.1 Å². The number of allylic oxidation sites excluding steroid dienone is 1. The van der Waals surface area contributed by atoms with Crippen LogP contribution in [0.1, 0.15) is 83.3 Å². The Morgan fingerprint density at radius 1 is 1.06 bits per heavy atom. The molecular formula is C29H40O3. The maximum Gasteiger partial charge on any atom is 0.169 e. The summed E-state index contributed by atoms with van der Waals surface area (Å²) in [6, 6.07) is 8.37. The predicted octanol–water partition coefficient (Wildman–Crippen LogP) is 6.37. The van der Waals surface area contributed by atoms with Crippen LogP contribution < -0.4 is 0 Å². The minimum atomic E-state index is -1.06.